The van der Waals surface area contributed by atoms with Crippen LogP contribution in [0.15, 0.2) is 36.5 Å². The van der Waals surface area contributed by atoms with Crippen molar-refractivity contribution in [1.29, 1.82) is 0 Å². The molecule has 1 aliphatic heterocycles. The van der Waals surface area contributed by atoms with Crippen LogP contribution in [0.2, 0.25) is 0 Å². The molecule has 2 aromatic heterocycles. The first kappa shape index (κ1) is 22.1. The molecule has 1 aliphatic rings. The predicted molar refractivity (Wildman–Crippen MR) is 116 cm³/mol. The molecule has 1 fully saturated rings. The molecule has 0 bridgehead atoms. The summed E-state index contributed by atoms with van der Waals surface area (Å²) in [7, 11) is 0. The van der Waals surface area contributed by atoms with Gasteiger partial charge in [-0.15, -0.1) is 5.10 Å². The zero-order chi connectivity index (χ0) is 22.9. The SMILES string of the molecule is CC(C)(C)c1ccc(OCC(=O)Nc2ccnc3c2nnn3[C@H]2C[C@H](O)[C@@H](CO)O2)cc1. The molecule has 170 valence electrons. The number of ether oxygens (including phenoxy) is 2. The van der Waals surface area contributed by atoms with Gasteiger partial charge in [0.05, 0.1) is 18.4 Å². The van der Waals surface area contributed by atoms with Crippen LogP contribution in [0.4, 0.5) is 5.69 Å². The number of benzene rings is 1. The van der Waals surface area contributed by atoms with Gasteiger partial charge < -0.3 is 25.0 Å². The summed E-state index contributed by atoms with van der Waals surface area (Å²) >= 11 is 0. The number of rotatable bonds is 6. The Morgan fingerprint density at radius 2 is 2.03 bits per heavy atom. The molecule has 0 spiro atoms. The van der Waals surface area contributed by atoms with E-state index in [4.69, 9.17) is 9.47 Å². The molecule has 3 aromatic rings. The number of nitrogens with zero attached hydrogens (tertiary/aromatic N) is 4. The van der Waals surface area contributed by atoms with E-state index in [1.54, 1.807) is 6.07 Å². The lowest BCUT2D eigenvalue weighted by Gasteiger charge is -2.19. The minimum absolute atomic E-state index is 0.0424. The monoisotopic (exact) mass is 441 g/mol. The maximum absolute atomic E-state index is 12.4. The van der Waals surface area contributed by atoms with Gasteiger partial charge in [-0.2, -0.15) is 4.68 Å². The third-order valence-electron chi connectivity index (χ3n) is 5.38. The van der Waals surface area contributed by atoms with Crippen LogP contribution < -0.4 is 10.1 Å². The summed E-state index contributed by atoms with van der Waals surface area (Å²) in [4.78, 5) is 16.7. The fraction of sp³-hybridized carbons (Fsp3) is 0.455. The summed E-state index contributed by atoms with van der Waals surface area (Å²) in [6, 6.07) is 9.29. The molecule has 3 heterocycles. The second-order valence-corrected chi connectivity index (χ2v) is 8.79. The standard InChI is InChI=1S/C22H27N5O5/c1-22(2,3)13-4-6-14(7-5-13)31-12-18(30)24-15-8-9-23-21-20(15)25-26-27(21)19-10-16(29)17(11-28)32-19/h4-9,16-17,19,28-29H,10-12H2,1-3H3,(H,23,24,30)/t16-,17+,19+/m0/s1. The first-order valence-corrected chi connectivity index (χ1v) is 10.4. The van der Waals surface area contributed by atoms with Crippen molar-refractivity contribution >= 4 is 22.8 Å². The van der Waals surface area contributed by atoms with E-state index in [-0.39, 0.29) is 31.0 Å². The minimum Gasteiger partial charge on any atom is -0.484 e. The van der Waals surface area contributed by atoms with Crippen molar-refractivity contribution in [3.63, 3.8) is 0 Å². The van der Waals surface area contributed by atoms with Crippen LogP contribution in [-0.2, 0) is 14.9 Å². The predicted octanol–water partition coefficient (Wildman–Crippen LogP) is 1.78. The molecule has 0 saturated carbocycles. The molecule has 1 aromatic carbocycles. The zero-order valence-electron chi connectivity index (χ0n) is 18.2. The number of nitrogens with one attached hydrogen (secondary N) is 1. The van der Waals surface area contributed by atoms with Gasteiger partial charge in [0.25, 0.3) is 5.91 Å². The first-order chi connectivity index (χ1) is 15.3. The topological polar surface area (TPSA) is 132 Å². The average molecular weight is 441 g/mol. The Bertz CT molecular complexity index is 1090. The smallest absolute Gasteiger partial charge is 0.262 e. The summed E-state index contributed by atoms with van der Waals surface area (Å²) < 4.78 is 12.7. The summed E-state index contributed by atoms with van der Waals surface area (Å²) in [5.41, 5.74) is 2.45. The number of fused-ring (bicyclic) bond motifs is 1. The Morgan fingerprint density at radius 1 is 1.28 bits per heavy atom. The number of aliphatic hydroxyl groups is 2. The molecule has 0 unspecified atom stereocenters. The molecule has 3 atom stereocenters. The van der Waals surface area contributed by atoms with Crippen molar-refractivity contribution in [2.45, 2.75) is 51.0 Å². The maximum Gasteiger partial charge on any atom is 0.262 e. The van der Waals surface area contributed by atoms with Crippen molar-refractivity contribution < 1.29 is 24.5 Å². The van der Waals surface area contributed by atoms with Gasteiger partial charge in [-0.25, -0.2) is 4.98 Å². The number of aromatic nitrogens is 4. The third-order valence-corrected chi connectivity index (χ3v) is 5.38. The highest BCUT2D eigenvalue weighted by molar-refractivity contribution is 5.98. The number of hydrogen-bond acceptors (Lipinski definition) is 8. The molecule has 0 radical (unpaired) electrons. The second-order valence-electron chi connectivity index (χ2n) is 8.79. The lowest BCUT2D eigenvalue weighted by Crippen LogP contribution is -2.24. The highest BCUT2D eigenvalue weighted by Gasteiger charge is 2.36. The number of amides is 1. The molecule has 4 rings (SSSR count). The van der Waals surface area contributed by atoms with Crippen LogP contribution in [0.25, 0.3) is 11.2 Å². The number of anilines is 1. The van der Waals surface area contributed by atoms with Gasteiger partial charge in [0.1, 0.15) is 11.9 Å². The summed E-state index contributed by atoms with van der Waals surface area (Å²) in [6.07, 6.45) is -0.314. The Balaban J connectivity index is 1.42. The van der Waals surface area contributed by atoms with Gasteiger partial charge in [0.2, 0.25) is 0 Å². The molecule has 1 saturated heterocycles. The van der Waals surface area contributed by atoms with E-state index in [1.807, 2.05) is 24.3 Å². The van der Waals surface area contributed by atoms with Crippen molar-refractivity contribution in [1.82, 2.24) is 20.0 Å². The molecule has 10 heteroatoms. The van der Waals surface area contributed by atoms with Crippen LogP contribution in [-0.4, -0.2) is 61.5 Å². The zero-order valence-corrected chi connectivity index (χ0v) is 18.2. The quantitative estimate of drug-likeness (QED) is 0.528. The van der Waals surface area contributed by atoms with Crippen LogP contribution in [0.1, 0.15) is 39.0 Å². The van der Waals surface area contributed by atoms with E-state index in [0.717, 1.165) is 0 Å². The third kappa shape index (κ3) is 4.57. The Kier molecular flexibility index (Phi) is 6.09. The molecule has 32 heavy (non-hydrogen) atoms. The molecule has 3 N–H and O–H groups in total. The normalized spacial score (nSPS) is 21.1. The number of hydrogen-bond donors (Lipinski definition) is 3. The number of carbonyl (C=O) groups is 1. The lowest BCUT2D eigenvalue weighted by molar-refractivity contribution is -0.118. The van der Waals surface area contributed by atoms with E-state index >= 15 is 0 Å². The van der Waals surface area contributed by atoms with Crippen LogP contribution in [0, 0.1) is 0 Å². The average Bonchev–Trinajstić information content (AvgIpc) is 3.35. The van der Waals surface area contributed by atoms with Crippen molar-refractivity contribution in [3.05, 3.63) is 42.1 Å². The van der Waals surface area contributed by atoms with Gasteiger partial charge in [0.15, 0.2) is 24.0 Å². The molecule has 10 nitrogen and oxygen atoms in total. The number of aliphatic hydroxyl groups excluding tert-OH is 2. The molecular formula is C22H27N5O5. The van der Waals surface area contributed by atoms with Crippen LogP contribution in [0.5, 0.6) is 5.75 Å². The minimum atomic E-state index is -0.804. The first-order valence-electron chi connectivity index (χ1n) is 10.4. The lowest BCUT2D eigenvalue weighted by atomic mass is 9.87. The van der Waals surface area contributed by atoms with Crippen LogP contribution in [0.3, 0.4) is 0 Å². The van der Waals surface area contributed by atoms with Crippen molar-refractivity contribution in [2.24, 2.45) is 0 Å². The molecule has 1 amide bonds. The Morgan fingerprint density at radius 3 is 2.69 bits per heavy atom. The van der Waals surface area contributed by atoms with Gasteiger partial charge in [-0.05, 0) is 29.2 Å². The largest absolute Gasteiger partial charge is 0.484 e. The number of carbonyl (C=O) groups excluding carboxylic acids is 1. The van der Waals surface area contributed by atoms with E-state index in [0.29, 0.717) is 22.6 Å². The Hall–Kier alpha value is -3.08. The highest BCUT2D eigenvalue weighted by atomic mass is 16.5. The summed E-state index contributed by atoms with van der Waals surface area (Å²) in [6.45, 7) is 5.94. The van der Waals surface area contributed by atoms with Gasteiger partial charge >= 0.3 is 0 Å². The van der Waals surface area contributed by atoms with E-state index in [9.17, 15) is 15.0 Å². The van der Waals surface area contributed by atoms with Crippen molar-refractivity contribution in [3.8, 4) is 5.75 Å². The van der Waals surface area contributed by atoms with Gasteiger partial charge in [-0.3, -0.25) is 4.79 Å². The second kappa shape index (κ2) is 8.81. The fourth-order valence-electron chi connectivity index (χ4n) is 3.55. The highest BCUT2D eigenvalue weighted by Crippen LogP contribution is 2.31. The van der Waals surface area contributed by atoms with E-state index in [2.05, 4.69) is 41.4 Å². The Labute approximate surface area is 185 Å². The van der Waals surface area contributed by atoms with E-state index in [1.165, 1.54) is 16.4 Å². The summed E-state index contributed by atoms with van der Waals surface area (Å²) in [5.74, 6) is 0.258. The van der Waals surface area contributed by atoms with Crippen LogP contribution >= 0.6 is 0 Å². The molecular weight excluding hydrogens is 414 g/mol. The van der Waals surface area contributed by atoms with E-state index < -0.39 is 18.4 Å². The van der Waals surface area contributed by atoms with Crippen molar-refractivity contribution in [2.75, 3.05) is 18.5 Å². The van der Waals surface area contributed by atoms with Gasteiger partial charge in [-0.1, -0.05) is 38.1 Å². The summed E-state index contributed by atoms with van der Waals surface area (Å²) in [5, 5.41) is 30.2. The maximum atomic E-state index is 12.4. The molecule has 0 aliphatic carbocycles. The fourth-order valence-corrected chi connectivity index (χ4v) is 3.55. The van der Waals surface area contributed by atoms with Gasteiger partial charge in [0, 0.05) is 12.6 Å². The number of pyridine rings is 1.